The maximum atomic E-state index is 12.4. The molecule has 2 aliphatic rings. The van der Waals surface area contributed by atoms with Crippen molar-refractivity contribution in [3.8, 4) is 11.5 Å². The molecule has 38 heavy (non-hydrogen) atoms. The van der Waals surface area contributed by atoms with Gasteiger partial charge < -0.3 is 19.3 Å². The number of carbonyl (C=O) groups is 2. The van der Waals surface area contributed by atoms with Crippen LogP contribution in [0.2, 0.25) is 0 Å². The van der Waals surface area contributed by atoms with Crippen LogP contribution in [0.3, 0.4) is 0 Å². The summed E-state index contributed by atoms with van der Waals surface area (Å²) in [7, 11) is 0. The Morgan fingerprint density at radius 2 is 1.29 bits per heavy atom. The normalized spacial score (nSPS) is 22.0. The van der Waals surface area contributed by atoms with Crippen LogP contribution in [0, 0.1) is 38.5 Å². The van der Waals surface area contributed by atoms with E-state index in [-0.39, 0.29) is 12.2 Å². The molecule has 0 unspecified atom stereocenters. The number of hydrogen-bond acceptors (Lipinski definition) is 6. The second-order valence-electron chi connectivity index (χ2n) is 12.8. The molecule has 1 aromatic carbocycles. The number of aromatic hydroxyl groups is 1. The molecule has 1 aromatic rings. The predicted molar refractivity (Wildman–Crippen MR) is 149 cm³/mol. The molecule has 0 aliphatic carbocycles. The van der Waals surface area contributed by atoms with Crippen LogP contribution < -0.4 is 4.74 Å². The second kappa shape index (κ2) is 12.3. The minimum Gasteiger partial charge on any atom is -0.507 e. The Bertz CT molecular complexity index is 996. The second-order valence-corrected chi connectivity index (χ2v) is 12.8. The molecule has 6 nitrogen and oxygen atoms in total. The molecule has 1 fully saturated rings. The molecule has 2 aliphatic heterocycles. The predicted octanol–water partition coefficient (Wildman–Crippen LogP) is 7.64. The van der Waals surface area contributed by atoms with Crippen LogP contribution in [0.5, 0.6) is 11.5 Å². The van der Waals surface area contributed by atoms with Gasteiger partial charge in [0.2, 0.25) is 0 Å². The molecule has 1 spiro atoms. The fourth-order valence-corrected chi connectivity index (χ4v) is 6.12. The van der Waals surface area contributed by atoms with E-state index in [0.717, 1.165) is 41.4 Å². The Hall–Kier alpha value is -2.24. The Balaban J connectivity index is 1.67. The van der Waals surface area contributed by atoms with Gasteiger partial charge in [-0.3, -0.25) is 9.59 Å². The van der Waals surface area contributed by atoms with Crippen LogP contribution in [-0.2, 0) is 25.5 Å². The molecule has 0 amide bonds. The minimum absolute atomic E-state index is 0.168. The Morgan fingerprint density at radius 3 is 1.84 bits per heavy atom. The van der Waals surface area contributed by atoms with Crippen LogP contribution >= 0.6 is 0 Å². The molecule has 3 atom stereocenters. The van der Waals surface area contributed by atoms with E-state index in [1.165, 1.54) is 38.5 Å². The van der Waals surface area contributed by atoms with E-state index in [2.05, 4.69) is 27.7 Å². The molecule has 0 aromatic heterocycles. The summed E-state index contributed by atoms with van der Waals surface area (Å²) in [5.41, 5.74) is 1.98. The number of hydrogen-bond donors (Lipinski definition) is 1. The molecule has 0 radical (unpaired) electrons. The first-order valence-corrected chi connectivity index (χ1v) is 14.7. The van der Waals surface area contributed by atoms with Gasteiger partial charge in [-0.1, -0.05) is 72.6 Å². The van der Waals surface area contributed by atoms with Gasteiger partial charge in [0.1, 0.15) is 17.9 Å². The number of fused-ring (bicyclic) bond motifs is 1. The van der Waals surface area contributed by atoms with Crippen molar-refractivity contribution in [2.45, 2.75) is 137 Å². The van der Waals surface area contributed by atoms with E-state index in [1.54, 1.807) is 0 Å². The molecule has 1 saturated heterocycles. The minimum atomic E-state index is -1.54. The van der Waals surface area contributed by atoms with Gasteiger partial charge in [-0.2, -0.15) is 0 Å². The third-order valence-corrected chi connectivity index (χ3v) is 8.95. The lowest BCUT2D eigenvalue weighted by Gasteiger charge is -2.51. The highest BCUT2D eigenvalue weighted by atomic mass is 16.8. The quantitative estimate of drug-likeness (QED) is 0.221. The molecule has 2 heterocycles. The number of esters is 2. The molecular formula is C32H50O6. The monoisotopic (exact) mass is 530 g/mol. The summed E-state index contributed by atoms with van der Waals surface area (Å²) in [6.45, 7) is 16.8. The number of ether oxygens (including phenoxy) is 3. The highest BCUT2D eigenvalue weighted by Crippen LogP contribution is 2.51. The first-order valence-electron chi connectivity index (χ1n) is 14.7. The van der Waals surface area contributed by atoms with Crippen molar-refractivity contribution in [2.24, 2.45) is 17.8 Å². The highest BCUT2D eigenvalue weighted by molar-refractivity contribution is 5.93. The van der Waals surface area contributed by atoms with Crippen molar-refractivity contribution >= 4 is 11.9 Å². The van der Waals surface area contributed by atoms with E-state index in [1.807, 2.05) is 27.7 Å². The maximum Gasteiger partial charge on any atom is 0.320 e. The summed E-state index contributed by atoms with van der Waals surface area (Å²) in [4.78, 5) is 24.9. The van der Waals surface area contributed by atoms with Gasteiger partial charge in [0.25, 0.3) is 5.79 Å². The highest BCUT2D eigenvalue weighted by Gasteiger charge is 2.62. The van der Waals surface area contributed by atoms with Crippen molar-refractivity contribution in [3.05, 3.63) is 22.3 Å². The maximum absolute atomic E-state index is 12.4. The van der Waals surface area contributed by atoms with Crippen LogP contribution in [0.15, 0.2) is 0 Å². The van der Waals surface area contributed by atoms with Crippen molar-refractivity contribution in [1.29, 1.82) is 0 Å². The van der Waals surface area contributed by atoms with Crippen LogP contribution in [-0.4, -0.2) is 28.4 Å². The molecule has 6 heteroatoms. The van der Waals surface area contributed by atoms with Crippen molar-refractivity contribution in [2.75, 3.05) is 0 Å². The lowest BCUT2D eigenvalue weighted by molar-refractivity contribution is -0.301. The van der Waals surface area contributed by atoms with E-state index in [9.17, 15) is 14.7 Å². The van der Waals surface area contributed by atoms with E-state index < -0.39 is 29.7 Å². The number of phenolic OH excluding ortho intramolecular Hbond substituents is 1. The lowest BCUT2D eigenvalue weighted by atomic mass is 9.78. The van der Waals surface area contributed by atoms with E-state index >= 15 is 0 Å². The SMILES string of the molecule is Cc1c(C)c2c(c(C)c1O)CC1(OC(=O)CC(=O)O1)[C@](C)(CCC[C@H](C)CCC[C@@H](C)CCCC(C)C)O2. The summed E-state index contributed by atoms with van der Waals surface area (Å²) in [6.07, 6.45) is 9.92. The van der Waals surface area contributed by atoms with Gasteiger partial charge in [-0.25, -0.2) is 0 Å². The van der Waals surface area contributed by atoms with Crippen LogP contribution in [0.25, 0.3) is 0 Å². The van der Waals surface area contributed by atoms with Gasteiger partial charge in [0.15, 0.2) is 5.60 Å². The summed E-state index contributed by atoms with van der Waals surface area (Å²) in [6, 6.07) is 0. The largest absolute Gasteiger partial charge is 0.507 e. The zero-order valence-corrected chi connectivity index (χ0v) is 25.0. The summed E-state index contributed by atoms with van der Waals surface area (Å²) in [5.74, 6) is 0.300. The molecule has 1 N–H and O–H groups in total. The molecular weight excluding hydrogens is 480 g/mol. The third-order valence-electron chi connectivity index (χ3n) is 8.95. The van der Waals surface area contributed by atoms with Gasteiger partial charge in [0, 0.05) is 5.56 Å². The first-order chi connectivity index (χ1) is 17.8. The standard InChI is InChI=1S/C32H50O6/c1-20(2)12-9-13-21(3)14-10-15-22(4)16-11-17-31(8)32(36-27(33)18-28(34)37-32)19-26-25(7)29(35)23(5)24(6)30(26)38-31/h20-22,35H,9-19H2,1-8H3/t21-,22+,31-/m0/s1. The van der Waals surface area contributed by atoms with E-state index in [0.29, 0.717) is 23.7 Å². The smallest absolute Gasteiger partial charge is 0.320 e. The summed E-state index contributed by atoms with van der Waals surface area (Å²) in [5, 5.41) is 10.7. The fraction of sp³-hybridized carbons (Fsp3) is 0.750. The molecule has 3 rings (SSSR count). The fourth-order valence-electron chi connectivity index (χ4n) is 6.12. The zero-order valence-electron chi connectivity index (χ0n) is 25.0. The van der Waals surface area contributed by atoms with Gasteiger partial charge in [-0.05, 0) is 75.0 Å². The summed E-state index contributed by atoms with van der Waals surface area (Å²) >= 11 is 0. The number of rotatable bonds is 12. The molecule has 0 saturated carbocycles. The van der Waals surface area contributed by atoms with Gasteiger partial charge >= 0.3 is 11.9 Å². The van der Waals surface area contributed by atoms with Gasteiger partial charge in [0.05, 0.1) is 6.42 Å². The van der Waals surface area contributed by atoms with Crippen molar-refractivity contribution in [1.82, 2.24) is 0 Å². The molecule has 0 bridgehead atoms. The lowest BCUT2D eigenvalue weighted by Crippen LogP contribution is -2.66. The number of benzene rings is 1. The van der Waals surface area contributed by atoms with E-state index in [4.69, 9.17) is 14.2 Å². The third kappa shape index (κ3) is 6.66. The van der Waals surface area contributed by atoms with Crippen molar-refractivity contribution < 1.29 is 28.9 Å². The topological polar surface area (TPSA) is 82.1 Å². The summed E-state index contributed by atoms with van der Waals surface area (Å²) < 4.78 is 18.3. The Morgan fingerprint density at radius 1 is 0.763 bits per heavy atom. The average molecular weight is 531 g/mol. The Labute approximate surface area is 229 Å². The zero-order chi connectivity index (χ0) is 28.3. The number of phenols is 1. The first kappa shape index (κ1) is 30.3. The number of carbonyl (C=O) groups excluding carboxylic acids is 2. The van der Waals surface area contributed by atoms with Gasteiger partial charge in [-0.15, -0.1) is 0 Å². The molecule has 214 valence electrons. The van der Waals surface area contributed by atoms with Crippen molar-refractivity contribution in [3.63, 3.8) is 0 Å². The van der Waals surface area contributed by atoms with Crippen LogP contribution in [0.4, 0.5) is 0 Å². The average Bonchev–Trinajstić information content (AvgIpc) is 2.82. The Kier molecular flexibility index (Phi) is 9.81. The van der Waals surface area contributed by atoms with Crippen LogP contribution in [0.1, 0.15) is 121 Å².